The number of piperidine rings is 1. The minimum atomic E-state index is -0.303. The molecule has 0 bridgehead atoms. The molecular weight excluding hydrogens is 343 g/mol. The first-order valence-electron chi connectivity index (χ1n) is 9.47. The van der Waals surface area contributed by atoms with Gasteiger partial charge >= 0.3 is 0 Å². The molecule has 3 rings (SSSR count). The van der Waals surface area contributed by atoms with E-state index in [2.05, 4.69) is 12.2 Å². The van der Waals surface area contributed by atoms with Crippen LogP contribution < -0.4 is 5.32 Å². The van der Waals surface area contributed by atoms with Crippen molar-refractivity contribution in [2.45, 2.75) is 32.6 Å². The SMILES string of the molecule is CCc1ccccc1NC(=O)C1CCN(C(=O)Cc2ccc(F)cc2)CC1. The van der Waals surface area contributed by atoms with Crippen molar-refractivity contribution in [2.24, 2.45) is 5.92 Å². The van der Waals surface area contributed by atoms with E-state index >= 15 is 0 Å². The summed E-state index contributed by atoms with van der Waals surface area (Å²) in [6.07, 6.45) is 2.46. The van der Waals surface area contributed by atoms with Crippen molar-refractivity contribution in [3.8, 4) is 0 Å². The van der Waals surface area contributed by atoms with Gasteiger partial charge in [0.1, 0.15) is 5.82 Å². The van der Waals surface area contributed by atoms with Crippen LogP contribution in [0.1, 0.15) is 30.9 Å². The number of aryl methyl sites for hydroxylation is 1. The molecule has 2 aromatic rings. The second-order valence-corrected chi connectivity index (χ2v) is 6.96. The summed E-state index contributed by atoms with van der Waals surface area (Å²) < 4.78 is 13.0. The van der Waals surface area contributed by atoms with Gasteiger partial charge < -0.3 is 10.2 Å². The summed E-state index contributed by atoms with van der Waals surface area (Å²) in [5, 5.41) is 3.04. The van der Waals surface area contributed by atoms with Gasteiger partial charge in [-0.15, -0.1) is 0 Å². The third-order valence-corrected chi connectivity index (χ3v) is 5.14. The topological polar surface area (TPSA) is 49.4 Å². The van der Waals surface area contributed by atoms with Crippen molar-refractivity contribution < 1.29 is 14.0 Å². The largest absolute Gasteiger partial charge is 0.342 e. The van der Waals surface area contributed by atoms with E-state index in [1.807, 2.05) is 24.3 Å². The van der Waals surface area contributed by atoms with Gasteiger partial charge in [-0.05, 0) is 48.6 Å². The molecule has 0 saturated carbocycles. The average molecular weight is 368 g/mol. The van der Waals surface area contributed by atoms with Crippen molar-refractivity contribution in [1.82, 2.24) is 4.90 Å². The van der Waals surface area contributed by atoms with Crippen LogP contribution in [0.3, 0.4) is 0 Å². The molecule has 2 aromatic carbocycles. The van der Waals surface area contributed by atoms with E-state index in [0.29, 0.717) is 25.9 Å². The molecule has 1 saturated heterocycles. The summed E-state index contributed by atoms with van der Waals surface area (Å²) in [5.74, 6) is -0.328. The highest BCUT2D eigenvalue weighted by Gasteiger charge is 2.27. The first-order valence-corrected chi connectivity index (χ1v) is 9.47. The molecule has 1 aliphatic heterocycles. The number of carbonyl (C=O) groups excluding carboxylic acids is 2. The quantitative estimate of drug-likeness (QED) is 0.872. The lowest BCUT2D eigenvalue weighted by atomic mass is 9.95. The fourth-order valence-corrected chi connectivity index (χ4v) is 3.47. The van der Waals surface area contributed by atoms with E-state index < -0.39 is 0 Å². The summed E-state index contributed by atoms with van der Waals surface area (Å²) in [7, 11) is 0. The van der Waals surface area contributed by atoms with E-state index in [4.69, 9.17) is 0 Å². The predicted octanol–water partition coefficient (Wildman–Crippen LogP) is 3.81. The Bertz CT molecular complexity index is 796. The van der Waals surface area contributed by atoms with Crippen LogP contribution in [0.2, 0.25) is 0 Å². The molecule has 2 amide bonds. The number of anilines is 1. The lowest BCUT2D eigenvalue weighted by molar-refractivity contribution is -0.133. The summed E-state index contributed by atoms with van der Waals surface area (Å²) >= 11 is 0. The van der Waals surface area contributed by atoms with Crippen LogP contribution >= 0.6 is 0 Å². The second kappa shape index (κ2) is 8.80. The molecule has 27 heavy (non-hydrogen) atoms. The second-order valence-electron chi connectivity index (χ2n) is 6.96. The number of hydrogen-bond donors (Lipinski definition) is 1. The molecular formula is C22H25FN2O2. The summed E-state index contributed by atoms with van der Waals surface area (Å²) in [6, 6.07) is 13.9. The Balaban J connectivity index is 1.51. The van der Waals surface area contributed by atoms with Gasteiger partial charge in [-0.1, -0.05) is 37.3 Å². The van der Waals surface area contributed by atoms with E-state index in [-0.39, 0.29) is 30.0 Å². The first kappa shape index (κ1) is 19.1. The standard InChI is InChI=1S/C22H25FN2O2/c1-2-17-5-3-4-6-20(17)24-22(27)18-11-13-25(14-12-18)21(26)15-16-7-9-19(23)10-8-16/h3-10,18H,2,11-15H2,1H3,(H,24,27). The number of rotatable bonds is 5. The summed E-state index contributed by atoms with van der Waals surface area (Å²) in [5.41, 5.74) is 2.80. The maximum atomic E-state index is 13.0. The molecule has 1 aliphatic rings. The van der Waals surface area contributed by atoms with Gasteiger partial charge in [0.05, 0.1) is 6.42 Å². The van der Waals surface area contributed by atoms with E-state index in [0.717, 1.165) is 23.2 Å². The molecule has 0 unspecified atom stereocenters. The molecule has 0 spiro atoms. The number of benzene rings is 2. The van der Waals surface area contributed by atoms with Gasteiger partial charge in [0, 0.05) is 24.7 Å². The minimum absolute atomic E-state index is 0.0248. The zero-order valence-corrected chi connectivity index (χ0v) is 15.6. The number of likely N-dealkylation sites (tertiary alicyclic amines) is 1. The molecule has 5 heteroatoms. The summed E-state index contributed by atoms with van der Waals surface area (Å²) in [6.45, 7) is 3.22. The number of nitrogens with zero attached hydrogens (tertiary/aromatic N) is 1. The summed E-state index contributed by atoms with van der Waals surface area (Å²) in [4.78, 5) is 26.8. The van der Waals surface area contributed by atoms with Crippen LogP contribution in [0, 0.1) is 11.7 Å². The lowest BCUT2D eigenvalue weighted by Crippen LogP contribution is -2.42. The molecule has 1 N–H and O–H groups in total. The van der Waals surface area contributed by atoms with Crippen molar-refractivity contribution in [3.05, 3.63) is 65.5 Å². The van der Waals surface area contributed by atoms with Crippen LogP contribution in [-0.4, -0.2) is 29.8 Å². The van der Waals surface area contributed by atoms with Crippen molar-refractivity contribution in [3.63, 3.8) is 0 Å². The molecule has 1 heterocycles. The molecule has 142 valence electrons. The molecule has 4 nitrogen and oxygen atoms in total. The van der Waals surface area contributed by atoms with Gasteiger partial charge in [0.2, 0.25) is 11.8 Å². The smallest absolute Gasteiger partial charge is 0.227 e. The Morgan fingerprint density at radius 3 is 2.41 bits per heavy atom. The third-order valence-electron chi connectivity index (χ3n) is 5.14. The van der Waals surface area contributed by atoms with Gasteiger partial charge in [-0.2, -0.15) is 0 Å². The highest BCUT2D eigenvalue weighted by atomic mass is 19.1. The van der Waals surface area contributed by atoms with Gasteiger partial charge in [-0.3, -0.25) is 9.59 Å². The Hall–Kier alpha value is -2.69. The van der Waals surface area contributed by atoms with Gasteiger partial charge in [0.15, 0.2) is 0 Å². The zero-order valence-electron chi connectivity index (χ0n) is 15.6. The molecule has 0 atom stereocenters. The van der Waals surface area contributed by atoms with Gasteiger partial charge in [-0.25, -0.2) is 4.39 Å². The van der Waals surface area contributed by atoms with Crippen molar-refractivity contribution in [2.75, 3.05) is 18.4 Å². The Morgan fingerprint density at radius 1 is 1.07 bits per heavy atom. The lowest BCUT2D eigenvalue weighted by Gasteiger charge is -2.31. The van der Waals surface area contributed by atoms with E-state index in [1.54, 1.807) is 17.0 Å². The average Bonchev–Trinajstić information content (AvgIpc) is 2.70. The Kier molecular flexibility index (Phi) is 6.22. The normalized spacial score (nSPS) is 14.8. The predicted molar refractivity (Wildman–Crippen MR) is 104 cm³/mol. The van der Waals surface area contributed by atoms with Gasteiger partial charge in [0.25, 0.3) is 0 Å². The minimum Gasteiger partial charge on any atom is -0.342 e. The third kappa shape index (κ3) is 4.94. The fraction of sp³-hybridized carbons (Fsp3) is 0.364. The number of amides is 2. The van der Waals surface area contributed by atoms with E-state index in [1.165, 1.54) is 12.1 Å². The van der Waals surface area contributed by atoms with Crippen molar-refractivity contribution in [1.29, 1.82) is 0 Å². The van der Waals surface area contributed by atoms with Crippen LogP contribution in [0.4, 0.5) is 10.1 Å². The number of nitrogens with one attached hydrogen (secondary N) is 1. The van der Waals surface area contributed by atoms with Crippen LogP contribution in [0.5, 0.6) is 0 Å². The maximum Gasteiger partial charge on any atom is 0.227 e. The molecule has 1 fully saturated rings. The molecule has 0 aromatic heterocycles. The Morgan fingerprint density at radius 2 is 1.74 bits per heavy atom. The highest BCUT2D eigenvalue weighted by molar-refractivity contribution is 5.93. The highest BCUT2D eigenvalue weighted by Crippen LogP contribution is 2.22. The number of carbonyl (C=O) groups is 2. The number of para-hydroxylation sites is 1. The van der Waals surface area contributed by atoms with Crippen LogP contribution in [0.15, 0.2) is 48.5 Å². The molecule has 0 aliphatic carbocycles. The first-order chi connectivity index (χ1) is 13.1. The van der Waals surface area contributed by atoms with Crippen molar-refractivity contribution >= 4 is 17.5 Å². The zero-order chi connectivity index (χ0) is 19.2. The number of hydrogen-bond acceptors (Lipinski definition) is 2. The monoisotopic (exact) mass is 368 g/mol. The molecule has 0 radical (unpaired) electrons. The maximum absolute atomic E-state index is 13.0. The fourth-order valence-electron chi connectivity index (χ4n) is 3.47. The van der Waals surface area contributed by atoms with Crippen LogP contribution in [-0.2, 0) is 22.4 Å². The number of halogens is 1. The van der Waals surface area contributed by atoms with Crippen LogP contribution in [0.25, 0.3) is 0 Å². The van der Waals surface area contributed by atoms with E-state index in [9.17, 15) is 14.0 Å². The Labute approximate surface area is 159 Å².